The molecule has 1 aliphatic carbocycles. The van der Waals surface area contributed by atoms with E-state index in [1.54, 1.807) is 0 Å². The second-order valence-corrected chi connectivity index (χ2v) is 5.58. The van der Waals surface area contributed by atoms with Crippen LogP contribution in [0, 0.1) is 0 Å². The third-order valence-corrected chi connectivity index (χ3v) is 4.35. The number of nitrogens with one attached hydrogen (secondary N) is 1. The molecule has 0 amide bonds. The smallest absolute Gasteiger partial charge is 0.211 e. The largest absolute Gasteiger partial charge is 0.443 e. The average Bonchev–Trinajstić information content (AvgIpc) is 3.04. The van der Waals surface area contributed by atoms with Gasteiger partial charge < -0.3 is 9.73 Å². The van der Waals surface area contributed by atoms with Gasteiger partial charge in [0.2, 0.25) is 5.89 Å². The molecule has 1 unspecified atom stereocenters. The van der Waals surface area contributed by atoms with Crippen molar-refractivity contribution < 1.29 is 4.42 Å². The average molecular weight is 250 g/mol. The zero-order valence-electron chi connectivity index (χ0n) is 12.0. The highest BCUT2D eigenvalue weighted by Gasteiger charge is 2.37. The zero-order chi connectivity index (χ0) is 13.0. The van der Waals surface area contributed by atoms with Gasteiger partial charge in [-0.3, -0.25) is 0 Å². The molecule has 1 aromatic heterocycles. The normalized spacial score (nSPS) is 20.2. The molecule has 2 rings (SSSR count). The number of rotatable bonds is 6. The zero-order valence-corrected chi connectivity index (χ0v) is 12.0. The van der Waals surface area contributed by atoms with E-state index < -0.39 is 0 Å². The maximum atomic E-state index is 6.05. The van der Waals surface area contributed by atoms with Crippen LogP contribution >= 0.6 is 0 Å². The number of nitrogens with zero attached hydrogens (tertiary/aromatic N) is 1. The first-order valence-electron chi connectivity index (χ1n) is 7.41. The molecule has 3 heteroatoms. The highest BCUT2D eigenvalue weighted by Crippen LogP contribution is 2.44. The van der Waals surface area contributed by atoms with Crippen LogP contribution in [-0.4, -0.2) is 11.5 Å². The summed E-state index contributed by atoms with van der Waals surface area (Å²) >= 11 is 0. The van der Waals surface area contributed by atoms with E-state index in [9.17, 15) is 0 Å². The van der Waals surface area contributed by atoms with Crippen LogP contribution in [0.4, 0.5) is 0 Å². The molecule has 102 valence electrons. The second-order valence-electron chi connectivity index (χ2n) is 5.58. The van der Waals surface area contributed by atoms with Gasteiger partial charge in [-0.1, -0.05) is 26.7 Å². The Bertz CT molecular complexity index is 366. The van der Waals surface area contributed by atoms with Crippen molar-refractivity contribution in [2.45, 2.75) is 70.8 Å². The molecule has 0 spiro atoms. The first-order valence-corrected chi connectivity index (χ1v) is 7.41. The van der Waals surface area contributed by atoms with Crippen LogP contribution in [0.25, 0.3) is 0 Å². The summed E-state index contributed by atoms with van der Waals surface area (Å²) in [5, 5.41) is 3.43. The maximum Gasteiger partial charge on any atom is 0.211 e. The minimum atomic E-state index is 0.217. The van der Waals surface area contributed by atoms with E-state index in [1.165, 1.54) is 32.1 Å². The van der Waals surface area contributed by atoms with Crippen molar-refractivity contribution in [1.29, 1.82) is 0 Å². The number of aromatic nitrogens is 1. The van der Waals surface area contributed by atoms with Gasteiger partial charge >= 0.3 is 0 Å². The Balaban J connectivity index is 2.09. The summed E-state index contributed by atoms with van der Waals surface area (Å²) in [6.07, 6.45) is 9.44. The van der Waals surface area contributed by atoms with Crippen molar-refractivity contribution in [1.82, 2.24) is 10.3 Å². The highest BCUT2D eigenvalue weighted by atomic mass is 16.4. The summed E-state index contributed by atoms with van der Waals surface area (Å²) in [6, 6.07) is 0.217. The van der Waals surface area contributed by atoms with Gasteiger partial charge in [0.15, 0.2) is 0 Å². The quantitative estimate of drug-likeness (QED) is 0.830. The Morgan fingerprint density at radius 1 is 1.39 bits per heavy atom. The molecular weight excluding hydrogens is 224 g/mol. The summed E-state index contributed by atoms with van der Waals surface area (Å²) in [7, 11) is 0. The van der Waals surface area contributed by atoms with Gasteiger partial charge in [-0.05, 0) is 39.2 Å². The minimum Gasteiger partial charge on any atom is -0.443 e. The summed E-state index contributed by atoms with van der Waals surface area (Å²) in [5.41, 5.74) is 0.274. The molecule has 3 nitrogen and oxygen atoms in total. The molecule has 18 heavy (non-hydrogen) atoms. The van der Waals surface area contributed by atoms with Crippen molar-refractivity contribution in [2.75, 3.05) is 6.54 Å². The lowest BCUT2D eigenvalue weighted by molar-refractivity contribution is 0.303. The van der Waals surface area contributed by atoms with Crippen molar-refractivity contribution >= 4 is 0 Å². The van der Waals surface area contributed by atoms with E-state index in [1.807, 2.05) is 6.20 Å². The molecule has 0 aromatic carbocycles. The summed E-state index contributed by atoms with van der Waals surface area (Å²) in [4.78, 5) is 4.48. The molecule has 1 fully saturated rings. The lowest BCUT2D eigenvalue weighted by atomic mass is 9.81. The molecule has 1 N–H and O–H groups in total. The van der Waals surface area contributed by atoms with E-state index in [0.717, 1.165) is 24.6 Å². The molecular formula is C15H26N2O. The second kappa shape index (κ2) is 5.87. The summed E-state index contributed by atoms with van der Waals surface area (Å²) in [5.74, 6) is 1.96. The predicted octanol–water partition coefficient (Wildman–Crippen LogP) is 3.96. The van der Waals surface area contributed by atoms with E-state index in [2.05, 4.69) is 31.1 Å². The van der Waals surface area contributed by atoms with Crippen LogP contribution in [0.2, 0.25) is 0 Å². The Hall–Kier alpha value is -0.830. The van der Waals surface area contributed by atoms with Gasteiger partial charge in [0, 0.05) is 5.41 Å². The fraction of sp³-hybridized carbons (Fsp3) is 0.800. The third kappa shape index (κ3) is 2.61. The fourth-order valence-electron chi connectivity index (χ4n) is 3.01. The molecule has 0 aliphatic heterocycles. The SMILES string of the molecule is CCCNC(C)c1ncc(C2(CC)CCCC2)o1. The molecule has 1 saturated carbocycles. The fourth-order valence-corrected chi connectivity index (χ4v) is 3.01. The molecule has 1 aliphatic rings. The topological polar surface area (TPSA) is 38.1 Å². The Kier molecular flexibility index (Phi) is 4.44. The molecule has 0 saturated heterocycles. The summed E-state index contributed by atoms with van der Waals surface area (Å²) in [6.45, 7) is 7.58. The van der Waals surface area contributed by atoms with Crippen molar-refractivity contribution in [3.8, 4) is 0 Å². The molecule has 1 heterocycles. The number of hydrogen-bond donors (Lipinski definition) is 1. The molecule has 0 radical (unpaired) electrons. The third-order valence-electron chi connectivity index (χ3n) is 4.35. The first kappa shape index (κ1) is 13.6. The maximum absolute atomic E-state index is 6.05. The number of oxazole rings is 1. The standard InChI is InChI=1S/C15H26N2O/c1-4-10-16-12(3)14-17-11-13(18-14)15(5-2)8-6-7-9-15/h11-12,16H,4-10H2,1-3H3. The van der Waals surface area contributed by atoms with Crippen LogP contribution in [0.1, 0.15) is 77.0 Å². The Morgan fingerprint density at radius 3 is 2.72 bits per heavy atom. The van der Waals surface area contributed by atoms with E-state index in [0.29, 0.717) is 0 Å². The van der Waals surface area contributed by atoms with Crippen molar-refractivity contribution in [3.05, 3.63) is 17.8 Å². The molecule has 0 bridgehead atoms. The van der Waals surface area contributed by atoms with Crippen molar-refractivity contribution in [2.24, 2.45) is 0 Å². The van der Waals surface area contributed by atoms with E-state index in [4.69, 9.17) is 4.42 Å². The number of hydrogen-bond acceptors (Lipinski definition) is 3. The summed E-state index contributed by atoms with van der Waals surface area (Å²) < 4.78 is 6.05. The minimum absolute atomic E-state index is 0.217. The molecule has 1 aromatic rings. The van der Waals surface area contributed by atoms with Gasteiger partial charge in [0.1, 0.15) is 5.76 Å². The van der Waals surface area contributed by atoms with Crippen LogP contribution in [0.5, 0.6) is 0 Å². The lowest BCUT2D eigenvalue weighted by Crippen LogP contribution is -2.21. The first-order chi connectivity index (χ1) is 8.72. The van der Waals surface area contributed by atoms with Gasteiger partial charge in [-0.2, -0.15) is 0 Å². The van der Waals surface area contributed by atoms with Gasteiger partial charge in [-0.15, -0.1) is 0 Å². The van der Waals surface area contributed by atoms with E-state index >= 15 is 0 Å². The highest BCUT2D eigenvalue weighted by molar-refractivity contribution is 5.14. The monoisotopic (exact) mass is 250 g/mol. The van der Waals surface area contributed by atoms with E-state index in [-0.39, 0.29) is 11.5 Å². The van der Waals surface area contributed by atoms with Crippen LogP contribution in [0.3, 0.4) is 0 Å². The van der Waals surface area contributed by atoms with Gasteiger partial charge in [-0.25, -0.2) is 4.98 Å². The van der Waals surface area contributed by atoms with Crippen LogP contribution < -0.4 is 5.32 Å². The Labute approximate surface area is 110 Å². The molecule has 1 atom stereocenters. The Morgan fingerprint density at radius 2 is 2.11 bits per heavy atom. The van der Waals surface area contributed by atoms with Crippen LogP contribution in [-0.2, 0) is 5.41 Å². The van der Waals surface area contributed by atoms with Gasteiger partial charge in [0.25, 0.3) is 0 Å². The predicted molar refractivity (Wildman–Crippen MR) is 73.6 cm³/mol. The van der Waals surface area contributed by atoms with Crippen LogP contribution in [0.15, 0.2) is 10.6 Å². The van der Waals surface area contributed by atoms with Gasteiger partial charge in [0.05, 0.1) is 12.2 Å². The lowest BCUT2D eigenvalue weighted by Gasteiger charge is -2.24. The van der Waals surface area contributed by atoms with Crippen molar-refractivity contribution in [3.63, 3.8) is 0 Å².